The standard InChI is InChI=1S/C28H32FN3O4/c1-20(2)35-19-24(33)16-31(17-26-13-8-14-34-26)18-27-21(3)30-32(23-10-5-4-6-11-23)28(27)36-25-12-7-9-22(29)15-25/h4-15,20,24,33H,16-19H2,1-3H3/t24-/m0/s1. The number of hydrogen-bond donors (Lipinski definition) is 1. The number of aliphatic hydroxyl groups is 1. The van der Waals surface area contributed by atoms with E-state index in [4.69, 9.17) is 19.0 Å². The average Bonchev–Trinajstić information content (AvgIpc) is 3.47. The summed E-state index contributed by atoms with van der Waals surface area (Å²) < 4.78 is 33.1. The van der Waals surface area contributed by atoms with Crippen LogP contribution in [0.5, 0.6) is 11.6 Å². The molecule has 0 bridgehead atoms. The lowest BCUT2D eigenvalue weighted by Gasteiger charge is -2.25. The highest BCUT2D eigenvalue weighted by molar-refractivity contribution is 5.43. The van der Waals surface area contributed by atoms with Gasteiger partial charge in [-0.2, -0.15) is 5.10 Å². The van der Waals surface area contributed by atoms with Crippen LogP contribution in [0.4, 0.5) is 4.39 Å². The molecule has 190 valence electrons. The molecule has 0 fully saturated rings. The van der Waals surface area contributed by atoms with Crippen molar-refractivity contribution in [2.24, 2.45) is 0 Å². The fraction of sp³-hybridized carbons (Fsp3) is 0.321. The molecule has 0 aliphatic rings. The van der Waals surface area contributed by atoms with Gasteiger partial charge >= 0.3 is 0 Å². The molecule has 0 amide bonds. The van der Waals surface area contributed by atoms with E-state index < -0.39 is 6.10 Å². The SMILES string of the molecule is Cc1nn(-c2ccccc2)c(Oc2cccc(F)c2)c1CN(Cc1ccco1)C[C@H](O)COC(C)C. The number of rotatable bonds is 12. The average molecular weight is 494 g/mol. The molecule has 4 aromatic rings. The van der Waals surface area contributed by atoms with E-state index in [1.165, 1.54) is 12.1 Å². The number of benzene rings is 2. The van der Waals surface area contributed by atoms with Gasteiger partial charge in [0.25, 0.3) is 0 Å². The molecule has 2 aromatic carbocycles. The van der Waals surface area contributed by atoms with Crippen LogP contribution in [0.25, 0.3) is 5.69 Å². The molecular formula is C28H32FN3O4. The highest BCUT2D eigenvalue weighted by atomic mass is 19.1. The maximum Gasteiger partial charge on any atom is 0.227 e. The largest absolute Gasteiger partial charge is 0.468 e. The number of halogens is 1. The molecule has 0 aliphatic heterocycles. The number of aryl methyl sites for hydroxylation is 1. The van der Waals surface area contributed by atoms with Crippen LogP contribution < -0.4 is 4.74 Å². The van der Waals surface area contributed by atoms with Crippen LogP contribution in [0, 0.1) is 12.7 Å². The molecule has 0 radical (unpaired) electrons. The minimum Gasteiger partial charge on any atom is -0.468 e. The van der Waals surface area contributed by atoms with Crippen molar-refractivity contribution >= 4 is 0 Å². The molecular weight excluding hydrogens is 461 g/mol. The van der Waals surface area contributed by atoms with E-state index >= 15 is 0 Å². The zero-order chi connectivity index (χ0) is 25.5. The van der Waals surface area contributed by atoms with Gasteiger partial charge in [0.2, 0.25) is 5.88 Å². The second-order valence-electron chi connectivity index (χ2n) is 8.96. The van der Waals surface area contributed by atoms with E-state index in [0.717, 1.165) is 22.7 Å². The number of nitrogens with zero attached hydrogens (tertiary/aromatic N) is 3. The van der Waals surface area contributed by atoms with Gasteiger partial charge in [0.1, 0.15) is 17.3 Å². The Balaban J connectivity index is 1.67. The third-order valence-electron chi connectivity index (χ3n) is 5.58. The Hall–Kier alpha value is -3.46. The van der Waals surface area contributed by atoms with Crippen molar-refractivity contribution in [3.05, 3.63) is 95.8 Å². The molecule has 36 heavy (non-hydrogen) atoms. The summed E-state index contributed by atoms with van der Waals surface area (Å²) in [5, 5.41) is 15.4. The Bertz CT molecular complexity index is 1230. The summed E-state index contributed by atoms with van der Waals surface area (Å²) in [7, 11) is 0. The number of furan rings is 1. The number of hydrogen-bond acceptors (Lipinski definition) is 6. The van der Waals surface area contributed by atoms with Crippen LogP contribution in [0.3, 0.4) is 0 Å². The first kappa shape index (κ1) is 25.6. The van der Waals surface area contributed by atoms with E-state index in [1.54, 1.807) is 23.1 Å². The number of aromatic nitrogens is 2. The smallest absolute Gasteiger partial charge is 0.227 e. The second kappa shape index (κ2) is 12.0. The van der Waals surface area contributed by atoms with Crippen molar-refractivity contribution in [1.82, 2.24) is 14.7 Å². The lowest BCUT2D eigenvalue weighted by molar-refractivity contribution is -0.0114. The normalized spacial score (nSPS) is 12.4. The molecule has 0 saturated heterocycles. The van der Waals surface area contributed by atoms with Crippen LogP contribution in [-0.2, 0) is 17.8 Å². The van der Waals surface area contributed by atoms with E-state index in [-0.39, 0.29) is 18.5 Å². The molecule has 1 atom stereocenters. The van der Waals surface area contributed by atoms with E-state index in [1.807, 2.05) is 63.2 Å². The zero-order valence-electron chi connectivity index (χ0n) is 20.8. The lowest BCUT2D eigenvalue weighted by atomic mass is 10.2. The Kier molecular flexibility index (Phi) is 8.53. The van der Waals surface area contributed by atoms with Crippen molar-refractivity contribution in [2.75, 3.05) is 13.2 Å². The van der Waals surface area contributed by atoms with Gasteiger partial charge in [-0.1, -0.05) is 24.3 Å². The Morgan fingerprint density at radius 3 is 2.56 bits per heavy atom. The quantitative estimate of drug-likeness (QED) is 0.281. The first-order valence-electron chi connectivity index (χ1n) is 12.0. The summed E-state index contributed by atoms with van der Waals surface area (Å²) >= 11 is 0. The summed E-state index contributed by atoms with van der Waals surface area (Å²) in [6.07, 6.45) is 0.957. The molecule has 8 heteroatoms. The van der Waals surface area contributed by atoms with Gasteiger partial charge in [0.05, 0.1) is 48.6 Å². The fourth-order valence-corrected chi connectivity index (χ4v) is 3.90. The molecule has 0 spiro atoms. The second-order valence-corrected chi connectivity index (χ2v) is 8.96. The summed E-state index contributed by atoms with van der Waals surface area (Å²) in [4.78, 5) is 2.06. The summed E-state index contributed by atoms with van der Waals surface area (Å²) in [6.45, 7) is 7.25. The molecule has 0 unspecified atom stereocenters. The first-order chi connectivity index (χ1) is 17.4. The van der Waals surface area contributed by atoms with E-state index in [2.05, 4.69) is 4.90 Å². The maximum atomic E-state index is 13.9. The Labute approximate surface area is 210 Å². The van der Waals surface area contributed by atoms with E-state index in [9.17, 15) is 9.50 Å². The van der Waals surface area contributed by atoms with Crippen molar-refractivity contribution in [1.29, 1.82) is 0 Å². The summed E-state index contributed by atoms with van der Waals surface area (Å²) in [5.41, 5.74) is 2.41. The van der Waals surface area contributed by atoms with Gasteiger partial charge in [-0.05, 0) is 57.2 Å². The van der Waals surface area contributed by atoms with Crippen molar-refractivity contribution in [2.45, 2.75) is 46.1 Å². The molecule has 0 aliphatic carbocycles. The first-order valence-corrected chi connectivity index (χ1v) is 12.0. The molecule has 7 nitrogen and oxygen atoms in total. The molecule has 1 N–H and O–H groups in total. The number of ether oxygens (including phenoxy) is 2. The van der Waals surface area contributed by atoms with Crippen LogP contribution in [0.15, 0.2) is 77.4 Å². The third-order valence-corrected chi connectivity index (χ3v) is 5.58. The minimum absolute atomic E-state index is 0.0239. The maximum absolute atomic E-state index is 13.9. The van der Waals surface area contributed by atoms with Gasteiger partial charge in [0, 0.05) is 19.2 Å². The van der Waals surface area contributed by atoms with Gasteiger partial charge in [-0.15, -0.1) is 0 Å². The summed E-state index contributed by atoms with van der Waals surface area (Å²) in [6, 6.07) is 19.4. The predicted octanol–water partition coefficient (Wildman–Crippen LogP) is 5.49. The van der Waals surface area contributed by atoms with Crippen molar-refractivity contribution < 1.29 is 23.4 Å². The van der Waals surface area contributed by atoms with Gasteiger partial charge in [0.15, 0.2) is 0 Å². The monoisotopic (exact) mass is 493 g/mol. The highest BCUT2D eigenvalue weighted by Crippen LogP contribution is 2.32. The number of para-hydroxylation sites is 1. The van der Waals surface area contributed by atoms with Crippen molar-refractivity contribution in [3.63, 3.8) is 0 Å². The van der Waals surface area contributed by atoms with E-state index in [0.29, 0.717) is 31.3 Å². The Morgan fingerprint density at radius 1 is 1.06 bits per heavy atom. The lowest BCUT2D eigenvalue weighted by Crippen LogP contribution is -2.35. The van der Waals surface area contributed by atoms with Crippen LogP contribution in [0.1, 0.15) is 30.9 Å². The summed E-state index contributed by atoms with van der Waals surface area (Å²) in [5.74, 6) is 1.25. The molecule has 4 rings (SSSR count). The van der Waals surface area contributed by atoms with Gasteiger partial charge < -0.3 is 19.0 Å². The number of aliphatic hydroxyl groups excluding tert-OH is 1. The highest BCUT2D eigenvalue weighted by Gasteiger charge is 2.23. The van der Waals surface area contributed by atoms with Crippen LogP contribution >= 0.6 is 0 Å². The fourth-order valence-electron chi connectivity index (χ4n) is 3.90. The van der Waals surface area contributed by atoms with Crippen LogP contribution in [-0.4, -0.2) is 45.1 Å². The minimum atomic E-state index is -0.695. The van der Waals surface area contributed by atoms with Gasteiger partial charge in [-0.3, -0.25) is 4.90 Å². The van der Waals surface area contributed by atoms with Crippen molar-refractivity contribution in [3.8, 4) is 17.3 Å². The topological polar surface area (TPSA) is 72.9 Å². The van der Waals surface area contributed by atoms with Gasteiger partial charge in [-0.25, -0.2) is 9.07 Å². The molecule has 2 heterocycles. The zero-order valence-corrected chi connectivity index (χ0v) is 20.8. The molecule has 0 saturated carbocycles. The Morgan fingerprint density at radius 2 is 1.86 bits per heavy atom. The predicted molar refractivity (Wildman–Crippen MR) is 135 cm³/mol. The molecule has 2 aromatic heterocycles. The van der Waals surface area contributed by atoms with Crippen LogP contribution in [0.2, 0.25) is 0 Å². The third kappa shape index (κ3) is 6.81.